The van der Waals surface area contributed by atoms with Crippen LogP contribution in [0.1, 0.15) is 0 Å². The maximum atomic E-state index is 12.9. The van der Waals surface area contributed by atoms with Crippen LogP contribution in [0.2, 0.25) is 24.7 Å². The van der Waals surface area contributed by atoms with E-state index in [1.54, 1.807) is 0 Å². The Kier molecular flexibility index (Phi) is 3.61. The van der Waals surface area contributed by atoms with Gasteiger partial charge in [0.2, 0.25) is 8.32 Å². The molecule has 0 heterocycles. The molecule has 1 aromatic rings. The third-order valence-electron chi connectivity index (χ3n) is 1.37. The van der Waals surface area contributed by atoms with Crippen LogP contribution in [0.25, 0.3) is 0 Å². The van der Waals surface area contributed by atoms with Crippen LogP contribution in [0.5, 0.6) is 5.75 Å². The number of rotatable bonds is 2. The van der Waals surface area contributed by atoms with E-state index in [1.165, 1.54) is 12.1 Å². The summed E-state index contributed by atoms with van der Waals surface area (Å²) in [7, 11) is -1.72. The molecule has 0 bridgehead atoms. The van der Waals surface area contributed by atoms with Crippen LogP contribution >= 0.6 is 27.5 Å². The van der Waals surface area contributed by atoms with Crippen molar-refractivity contribution in [2.45, 2.75) is 19.6 Å². The highest BCUT2D eigenvalue weighted by atomic mass is 79.9. The number of benzene rings is 1. The van der Waals surface area contributed by atoms with Crippen LogP contribution in [0.4, 0.5) is 4.39 Å². The first-order valence-electron chi connectivity index (χ1n) is 4.13. The van der Waals surface area contributed by atoms with Gasteiger partial charge in [-0.1, -0.05) is 11.6 Å². The summed E-state index contributed by atoms with van der Waals surface area (Å²) < 4.78 is 19.2. The first-order valence-corrected chi connectivity index (χ1v) is 8.71. The van der Waals surface area contributed by atoms with Crippen molar-refractivity contribution in [1.82, 2.24) is 0 Å². The Labute approximate surface area is 97.5 Å². The molecule has 14 heavy (non-hydrogen) atoms. The van der Waals surface area contributed by atoms with Gasteiger partial charge in [0.05, 0.1) is 9.50 Å². The van der Waals surface area contributed by atoms with Gasteiger partial charge in [-0.05, 0) is 47.7 Å². The average Bonchev–Trinajstić information content (AvgIpc) is 1.95. The molecule has 0 aliphatic rings. The molecule has 0 unspecified atom stereocenters. The second kappa shape index (κ2) is 4.21. The van der Waals surface area contributed by atoms with Gasteiger partial charge in [-0.2, -0.15) is 0 Å². The highest BCUT2D eigenvalue weighted by Gasteiger charge is 2.20. The fraction of sp³-hybridized carbons (Fsp3) is 0.333. The Morgan fingerprint density at radius 1 is 1.36 bits per heavy atom. The van der Waals surface area contributed by atoms with E-state index in [1.807, 2.05) is 19.6 Å². The van der Waals surface area contributed by atoms with Crippen molar-refractivity contribution in [3.05, 3.63) is 27.4 Å². The fourth-order valence-electron chi connectivity index (χ4n) is 0.933. The molecule has 0 saturated heterocycles. The van der Waals surface area contributed by atoms with Crippen molar-refractivity contribution in [3.63, 3.8) is 0 Å². The SMILES string of the molecule is C[Si](C)(C)Oc1c(Cl)cc(F)cc1Br. The molecule has 0 aliphatic heterocycles. The second-order valence-electron chi connectivity index (χ2n) is 3.91. The number of hydrogen-bond acceptors (Lipinski definition) is 1. The minimum absolute atomic E-state index is 0.305. The van der Waals surface area contributed by atoms with Crippen molar-refractivity contribution in [3.8, 4) is 5.75 Å². The Morgan fingerprint density at radius 2 is 1.93 bits per heavy atom. The Bertz CT molecular complexity index is 328. The van der Waals surface area contributed by atoms with Crippen LogP contribution in [0.3, 0.4) is 0 Å². The predicted molar refractivity (Wildman–Crippen MR) is 63.1 cm³/mol. The minimum Gasteiger partial charge on any atom is -0.543 e. The smallest absolute Gasteiger partial charge is 0.242 e. The molecular weight excluding hydrogens is 287 g/mol. The maximum absolute atomic E-state index is 12.9. The molecule has 0 atom stereocenters. The Hall–Kier alpha value is -0.0631. The van der Waals surface area contributed by atoms with Gasteiger partial charge in [-0.3, -0.25) is 0 Å². The lowest BCUT2D eigenvalue weighted by atomic mass is 10.3. The highest BCUT2D eigenvalue weighted by Crippen LogP contribution is 2.35. The lowest BCUT2D eigenvalue weighted by Crippen LogP contribution is -2.29. The van der Waals surface area contributed by atoms with Crippen molar-refractivity contribution in [1.29, 1.82) is 0 Å². The van der Waals surface area contributed by atoms with E-state index in [9.17, 15) is 4.39 Å². The summed E-state index contributed by atoms with van der Waals surface area (Å²) >= 11 is 9.09. The van der Waals surface area contributed by atoms with Gasteiger partial charge in [0.15, 0.2) is 0 Å². The third kappa shape index (κ3) is 3.26. The Balaban J connectivity index is 3.09. The summed E-state index contributed by atoms with van der Waals surface area (Å²) in [5.41, 5.74) is 0. The molecule has 1 aromatic carbocycles. The number of halogens is 3. The first-order chi connectivity index (χ1) is 6.29. The van der Waals surface area contributed by atoms with Crippen LogP contribution in [0.15, 0.2) is 16.6 Å². The highest BCUT2D eigenvalue weighted by molar-refractivity contribution is 9.10. The largest absolute Gasteiger partial charge is 0.543 e. The maximum Gasteiger partial charge on any atom is 0.242 e. The van der Waals surface area contributed by atoms with Crippen molar-refractivity contribution in [2.24, 2.45) is 0 Å². The van der Waals surface area contributed by atoms with E-state index < -0.39 is 8.32 Å². The van der Waals surface area contributed by atoms with Crippen molar-refractivity contribution in [2.75, 3.05) is 0 Å². The van der Waals surface area contributed by atoms with Gasteiger partial charge < -0.3 is 4.43 Å². The second-order valence-corrected chi connectivity index (χ2v) is 9.60. The molecular formula is C9H11BrClFOSi. The summed E-state index contributed by atoms with van der Waals surface area (Å²) in [6.45, 7) is 6.12. The van der Waals surface area contributed by atoms with Crippen LogP contribution in [0, 0.1) is 5.82 Å². The molecule has 0 amide bonds. The molecule has 0 aliphatic carbocycles. The van der Waals surface area contributed by atoms with E-state index in [0.717, 1.165) is 0 Å². The van der Waals surface area contributed by atoms with Crippen molar-refractivity contribution < 1.29 is 8.82 Å². The van der Waals surface area contributed by atoms with Crippen LogP contribution < -0.4 is 4.43 Å². The quantitative estimate of drug-likeness (QED) is 0.733. The van der Waals surface area contributed by atoms with Gasteiger partial charge >= 0.3 is 0 Å². The summed E-state index contributed by atoms with van der Waals surface area (Å²) in [5, 5.41) is 0.305. The summed E-state index contributed by atoms with van der Waals surface area (Å²) in [6, 6.07) is 2.60. The zero-order chi connectivity index (χ0) is 10.9. The zero-order valence-corrected chi connectivity index (χ0v) is 11.5. The van der Waals surface area contributed by atoms with E-state index >= 15 is 0 Å². The molecule has 5 heteroatoms. The normalized spacial score (nSPS) is 11.6. The Morgan fingerprint density at radius 3 is 2.36 bits per heavy atom. The van der Waals surface area contributed by atoms with Crippen LogP contribution in [-0.2, 0) is 0 Å². The van der Waals surface area contributed by atoms with Gasteiger partial charge in [-0.25, -0.2) is 4.39 Å². The molecule has 1 rings (SSSR count). The van der Waals surface area contributed by atoms with E-state index in [-0.39, 0.29) is 5.82 Å². The molecule has 0 aromatic heterocycles. The molecule has 0 N–H and O–H groups in total. The summed E-state index contributed by atoms with van der Waals surface area (Å²) in [6.07, 6.45) is 0. The van der Waals surface area contributed by atoms with Gasteiger partial charge in [0, 0.05) is 0 Å². The third-order valence-corrected chi connectivity index (χ3v) is 3.06. The lowest BCUT2D eigenvalue weighted by Gasteiger charge is -2.21. The van der Waals surface area contributed by atoms with Gasteiger partial charge in [0.1, 0.15) is 11.6 Å². The summed E-state index contributed by atoms with van der Waals surface area (Å²) in [5.74, 6) is 0.164. The van der Waals surface area contributed by atoms with Gasteiger partial charge in [-0.15, -0.1) is 0 Å². The number of hydrogen-bond donors (Lipinski definition) is 0. The van der Waals surface area contributed by atoms with Crippen LogP contribution in [-0.4, -0.2) is 8.32 Å². The lowest BCUT2D eigenvalue weighted by molar-refractivity contribution is 0.548. The molecule has 1 nitrogen and oxygen atoms in total. The van der Waals surface area contributed by atoms with Gasteiger partial charge in [0.25, 0.3) is 0 Å². The monoisotopic (exact) mass is 296 g/mol. The standard InChI is InChI=1S/C9H11BrClFOSi/c1-14(2,3)13-9-7(10)4-6(12)5-8(9)11/h4-5H,1-3H3. The fourth-order valence-corrected chi connectivity index (χ4v) is 2.85. The average molecular weight is 298 g/mol. The summed E-state index contributed by atoms with van der Waals surface area (Å²) in [4.78, 5) is 0. The predicted octanol–water partition coefficient (Wildman–Crippen LogP) is 4.46. The zero-order valence-electron chi connectivity index (χ0n) is 8.20. The van der Waals surface area contributed by atoms with E-state index in [2.05, 4.69) is 15.9 Å². The first kappa shape index (κ1) is 12.0. The topological polar surface area (TPSA) is 9.23 Å². The molecule has 0 spiro atoms. The van der Waals surface area contributed by atoms with Crippen molar-refractivity contribution >= 4 is 35.8 Å². The molecule has 0 saturated carbocycles. The molecule has 78 valence electrons. The molecule has 0 radical (unpaired) electrons. The van der Waals surface area contributed by atoms with E-state index in [4.69, 9.17) is 16.0 Å². The molecule has 0 fully saturated rings. The minimum atomic E-state index is -1.72. The van der Waals surface area contributed by atoms with E-state index in [0.29, 0.717) is 15.2 Å².